The van der Waals surface area contributed by atoms with Gasteiger partial charge in [-0.1, -0.05) is 18.6 Å². The van der Waals surface area contributed by atoms with Gasteiger partial charge in [-0.15, -0.1) is 0 Å². The Morgan fingerprint density at radius 2 is 1.69 bits per heavy atom. The molecular formula is C40H54F3N5O5S. The van der Waals surface area contributed by atoms with Crippen LogP contribution in [-0.2, 0) is 24.8 Å². The van der Waals surface area contributed by atoms with Crippen molar-refractivity contribution in [3.05, 3.63) is 59.7 Å². The van der Waals surface area contributed by atoms with Crippen molar-refractivity contribution in [3.63, 3.8) is 0 Å². The number of halogens is 3. The molecule has 0 aromatic heterocycles. The van der Waals surface area contributed by atoms with E-state index in [0.717, 1.165) is 69.8 Å². The molecule has 54 heavy (non-hydrogen) atoms. The number of hydrogen-bond acceptors (Lipinski definition) is 8. The first-order chi connectivity index (χ1) is 25.8. The van der Waals surface area contributed by atoms with E-state index in [4.69, 9.17) is 4.74 Å². The Hall–Kier alpha value is -3.36. The Kier molecular flexibility index (Phi) is 11.3. The summed E-state index contributed by atoms with van der Waals surface area (Å²) in [6.45, 7) is 6.29. The first-order valence-electron chi connectivity index (χ1n) is 19.6. The molecule has 4 atom stereocenters. The number of amides is 2. The number of likely N-dealkylation sites (tertiary alicyclic amines) is 3. The second-order valence-electron chi connectivity index (χ2n) is 16.4. The molecule has 4 heterocycles. The monoisotopic (exact) mass is 773 g/mol. The Morgan fingerprint density at radius 3 is 2.33 bits per heavy atom. The van der Waals surface area contributed by atoms with Crippen LogP contribution in [0.4, 0.5) is 23.7 Å². The van der Waals surface area contributed by atoms with Gasteiger partial charge in [0, 0.05) is 44.6 Å². The number of rotatable bonds is 11. The molecule has 2 aromatic carbocycles. The fourth-order valence-corrected chi connectivity index (χ4v) is 12.0. The molecule has 0 spiro atoms. The van der Waals surface area contributed by atoms with Crippen LogP contribution in [-0.4, -0.2) is 125 Å². The Labute approximate surface area is 317 Å². The van der Waals surface area contributed by atoms with Crippen molar-refractivity contribution < 1.29 is 35.9 Å². The third kappa shape index (κ3) is 7.71. The molecule has 0 radical (unpaired) electrons. The minimum Gasteiger partial charge on any atom is -0.453 e. The van der Waals surface area contributed by atoms with E-state index in [1.165, 1.54) is 37.1 Å². The smallest absolute Gasteiger partial charge is 0.407 e. The summed E-state index contributed by atoms with van der Waals surface area (Å²) in [5.74, 6) is -0.907. The highest BCUT2D eigenvalue weighted by molar-refractivity contribution is 7.92. The van der Waals surface area contributed by atoms with Crippen LogP contribution in [0.1, 0.15) is 63.9 Å². The van der Waals surface area contributed by atoms with Gasteiger partial charge in [0.1, 0.15) is 11.6 Å². The van der Waals surface area contributed by atoms with E-state index in [1.54, 1.807) is 17.0 Å². The van der Waals surface area contributed by atoms with Crippen molar-refractivity contribution in [1.29, 1.82) is 0 Å². The third-order valence-electron chi connectivity index (χ3n) is 13.1. The van der Waals surface area contributed by atoms with Gasteiger partial charge in [-0.25, -0.2) is 26.4 Å². The molecule has 14 heteroatoms. The Bertz CT molecular complexity index is 1800. The molecule has 0 bridgehead atoms. The molecule has 2 amide bonds. The predicted molar refractivity (Wildman–Crippen MR) is 200 cm³/mol. The highest BCUT2D eigenvalue weighted by Crippen LogP contribution is 2.52. The highest BCUT2D eigenvalue weighted by atomic mass is 32.2. The van der Waals surface area contributed by atoms with Crippen LogP contribution in [0.15, 0.2) is 47.4 Å². The predicted octanol–water partition coefficient (Wildman–Crippen LogP) is 5.16. The zero-order chi connectivity index (χ0) is 38.3. The Balaban J connectivity index is 1.02. The second kappa shape index (κ2) is 15.6. The second-order valence-corrected chi connectivity index (χ2v) is 18.6. The number of carbonyl (C=O) groups is 2. The first kappa shape index (κ1) is 38.9. The summed E-state index contributed by atoms with van der Waals surface area (Å²) >= 11 is 0. The van der Waals surface area contributed by atoms with Gasteiger partial charge in [-0.05, 0) is 119 Å². The van der Waals surface area contributed by atoms with Crippen LogP contribution in [0.25, 0.3) is 0 Å². The molecule has 7 rings (SSSR count). The maximum absolute atomic E-state index is 16.3. The van der Waals surface area contributed by atoms with Crippen molar-refractivity contribution in [2.75, 3.05) is 77.5 Å². The van der Waals surface area contributed by atoms with Gasteiger partial charge in [0.05, 0.1) is 36.0 Å². The molecule has 1 aliphatic carbocycles. The highest BCUT2D eigenvalue weighted by Gasteiger charge is 2.54. The van der Waals surface area contributed by atoms with Gasteiger partial charge < -0.3 is 24.8 Å². The molecule has 2 unspecified atom stereocenters. The van der Waals surface area contributed by atoms with E-state index in [0.29, 0.717) is 32.5 Å². The average molecular weight is 774 g/mol. The summed E-state index contributed by atoms with van der Waals surface area (Å²) in [7, 11) is -2.49. The lowest BCUT2D eigenvalue weighted by molar-refractivity contribution is -0.129. The number of piperidine rings is 2. The summed E-state index contributed by atoms with van der Waals surface area (Å²) in [5, 5.41) is 2.32. The number of carbonyl (C=O) groups excluding carboxylic acids is 2. The quantitative estimate of drug-likeness (QED) is 0.335. The van der Waals surface area contributed by atoms with Gasteiger partial charge in [-0.3, -0.25) is 9.69 Å². The van der Waals surface area contributed by atoms with E-state index < -0.39 is 38.1 Å². The van der Waals surface area contributed by atoms with Gasteiger partial charge in [0.2, 0.25) is 5.91 Å². The van der Waals surface area contributed by atoms with Crippen LogP contribution in [0.3, 0.4) is 0 Å². The molecule has 1 N–H and O–H groups in total. The van der Waals surface area contributed by atoms with Crippen molar-refractivity contribution in [3.8, 4) is 0 Å². The summed E-state index contributed by atoms with van der Waals surface area (Å²) in [6, 6.07) is 10.7. The number of benzene rings is 2. The number of sulfone groups is 1. The van der Waals surface area contributed by atoms with E-state index in [2.05, 4.69) is 15.1 Å². The fraction of sp³-hybridized carbons (Fsp3) is 0.650. The molecule has 4 saturated heterocycles. The summed E-state index contributed by atoms with van der Waals surface area (Å²) in [6.07, 6.45) is 5.91. The molecule has 2 aromatic rings. The number of alkyl carbamates (subject to hydrolysis) is 1. The molecule has 4 aliphatic heterocycles. The number of anilines is 1. The van der Waals surface area contributed by atoms with Crippen molar-refractivity contribution in [2.24, 2.45) is 11.8 Å². The first-order valence-corrected chi connectivity index (χ1v) is 21.1. The van der Waals surface area contributed by atoms with E-state index in [9.17, 15) is 22.4 Å². The lowest BCUT2D eigenvalue weighted by Crippen LogP contribution is -2.65. The number of methoxy groups -OCH3 is 1. The largest absolute Gasteiger partial charge is 0.453 e. The van der Waals surface area contributed by atoms with Crippen molar-refractivity contribution in [1.82, 2.24) is 20.0 Å². The lowest BCUT2D eigenvalue weighted by Gasteiger charge is -2.54. The third-order valence-corrected chi connectivity index (χ3v) is 15.3. The maximum Gasteiger partial charge on any atom is 0.407 e. The maximum atomic E-state index is 16.3. The minimum atomic E-state index is -3.86. The number of hydrogen-bond donors (Lipinski definition) is 1. The van der Waals surface area contributed by atoms with Gasteiger partial charge in [0.15, 0.2) is 15.5 Å². The van der Waals surface area contributed by atoms with Gasteiger partial charge in [-0.2, -0.15) is 0 Å². The van der Waals surface area contributed by atoms with Gasteiger partial charge >= 0.3 is 6.09 Å². The van der Waals surface area contributed by atoms with Crippen LogP contribution >= 0.6 is 0 Å². The Morgan fingerprint density at radius 1 is 0.926 bits per heavy atom. The SMILES string of the molecule is COC(=O)N[C@H]1CCC[C@@H]1C(CN1CCC1)(c1cccc(F)c1)C1CCN(CC2(F)CN(c3ccc(S(=O)(=O)C4CCCN(C(C)=O)C4)cc3F)C2)CC1. The minimum absolute atomic E-state index is 0.00270. The van der Waals surface area contributed by atoms with Crippen molar-refractivity contribution in [2.45, 2.75) is 85.6 Å². The lowest BCUT2D eigenvalue weighted by atomic mass is 9.57. The van der Waals surface area contributed by atoms with Gasteiger partial charge in [0.25, 0.3) is 0 Å². The molecular weight excluding hydrogens is 720 g/mol. The van der Waals surface area contributed by atoms with Crippen LogP contribution < -0.4 is 10.2 Å². The zero-order valence-corrected chi connectivity index (χ0v) is 32.3. The van der Waals surface area contributed by atoms with Crippen LogP contribution in [0.2, 0.25) is 0 Å². The number of nitrogens with zero attached hydrogens (tertiary/aromatic N) is 4. The summed E-state index contributed by atoms with van der Waals surface area (Å²) in [5.41, 5.74) is -0.836. The average Bonchev–Trinajstić information content (AvgIpc) is 3.59. The zero-order valence-electron chi connectivity index (χ0n) is 31.5. The number of nitrogens with one attached hydrogen (secondary N) is 1. The van der Waals surface area contributed by atoms with Crippen molar-refractivity contribution >= 4 is 27.5 Å². The normalized spacial score (nSPS) is 26.4. The molecule has 296 valence electrons. The number of alkyl halides is 1. The van der Waals surface area contributed by atoms with Crippen LogP contribution in [0, 0.1) is 23.5 Å². The molecule has 1 saturated carbocycles. The van der Waals surface area contributed by atoms with E-state index >= 15 is 8.78 Å². The van der Waals surface area contributed by atoms with E-state index in [-0.39, 0.29) is 66.4 Å². The number of ether oxygens (including phenoxy) is 1. The summed E-state index contributed by atoms with van der Waals surface area (Å²) < 4.78 is 78.4. The molecule has 5 aliphatic rings. The van der Waals surface area contributed by atoms with Crippen LogP contribution in [0.5, 0.6) is 0 Å². The molecule has 10 nitrogen and oxygen atoms in total. The fourth-order valence-electron chi connectivity index (χ4n) is 10.2. The summed E-state index contributed by atoms with van der Waals surface area (Å²) in [4.78, 5) is 32.0. The standard InChI is InChI=1S/C40H54F3N5O5S/c1-28(49)47-18-5-9-33(23-47)54(51,52)32-12-13-37(35(42)22-32)48-25-39(43,26-48)24-46-19-14-29(15-20-46)40(27-45-16-6-17-45,30-7-3-8-31(41)21-30)34-10-4-11-36(34)44-38(50)53-2/h3,7-8,12-13,21-22,29,33-34,36H,4-6,9-11,14-20,23-27H2,1-2H3,(H,44,50)/t33?,34-,36-,40?/m0/s1. The topological polar surface area (TPSA) is 102 Å². The van der Waals surface area contributed by atoms with E-state index in [1.807, 2.05) is 6.07 Å². The molecule has 5 fully saturated rings.